The number of aromatic nitrogens is 2. The number of fused-ring (bicyclic) bond motifs is 1. The Morgan fingerprint density at radius 2 is 2.00 bits per heavy atom. The van der Waals surface area contributed by atoms with Crippen LogP contribution in [0.5, 0.6) is 0 Å². The smallest absolute Gasteiger partial charge is 0.258 e. The molecule has 7 nitrogen and oxygen atoms in total. The van der Waals surface area contributed by atoms with E-state index in [2.05, 4.69) is 32.7 Å². The molecule has 3 N–H and O–H groups in total. The van der Waals surface area contributed by atoms with E-state index in [-0.39, 0.29) is 29.6 Å². The Morgan fingerprint density at radius 1 is 1.23 bits per heavy atom. The van der Waals surface area contributed by atoms with E-state index in [0.29, 0.717) is 16.7 Å². The summed E-state index contributed by atoms with van der Waals surface area (Å²) >= 11 is 0. The molecule has 1 fully saturated rings. The maximum atomic E-state index is 13.7. The van der Waals surface area contributed by atoms with E-state index in [0.717, 1.165) is 37.3 Å². The van der Waals surface area contributed by atoms with Crippen molar-refractivity contribution in [3.8, 4) is 0 Å². The number of hydrogen-bond acceptors (Lipinski definition) is 5. The summed E-state index contributed by atoms with van der Waals surface area (Å²) in [4.78, 5) is 27.6. The summed E-state index contributed by atoms with van der Waals surface area (Å²) in [5.74, 6) is -1.29. The van der Waals surface area contributed by atoms with E-state index in [9.17, 15) is 14.0 Å². The molecule has 156 valence electrons. The van der Waals surface area contributed by atoms with Crippen LogP contribution in [0.15, 0.2) is 41.5 Å². The monoisotopic (exact) mass is 409 g/mol. The molecule has 30 heavy (non-hydrogen) atoms. The van der Waals surface area contributed by atoms with Crippen LogP contribution in [0.1, 0.15) is 19.5 Å². The van der Waals surface area contributed by atoms with Gasteiger partial charge in [0.25, 0.3) is 11.8 Å². The third-order valence-electron chi connectivity index (χ3n) is 6.80. The fourth-order valence-corrected chi connectivity index (χ4v) is 5.29. The lowest BCUT2D eigenvalue weighted by atomic mass is 9.63. The second kappa shape index (κ2) is 6.85. The van der Waals surface area contributed by atoms with Crippen molar-refractivity contribution in [3.63, 3.8) is 0 Å². The van der Waals surface area contributed by atoms with E-state index in [1.807, 2.05) is 13.0 Å². The number of benzene rings is 1. The maximum Gasteiger partial charge on any atom is 0.258 e. The van der Waals surface area contributed by atoms with Gasteiger partial charge in [-0.3, -0.25) is 24.9 Å². The molecule has 1 aliphatic carbocycles. The number of allylic oxidation sites excluding steroid dienone is 1. The van der Waals surface area contributed by atoms with Crippen molar-refractivity contribution in [1.29, 1.82) is 0 Å². The fraction of sp³-hybridized carbons (Fsp3) is 0.409. The zero-order valence-electron chi connectivity index (χ0n) is 17.0. The first-order valence-corrected chi connectivity index (χ1v) is 10.3. The molecule has 0 saturated carbocycles. The summed E-state index contributed by atoms with van der Waals surface area (Å²) in [6.45, 7) is 7.65. The second-order valence-electron chi connectivity index (χ2n) is 8.49. The van der Waals surface area contributed by atoms with Crippen molar-refractivity contribution in [2.45, 2.75) is 25.3 Å². The zero-order valence-corrected chi connectivity index (χ0v) is 17.0. The number of imide groups is 1. The Morgan fingerprint density at radius 3 is 2.77 bits per heavy atom. The number of halogens is 1. The van der Waals surface area contributed by atoms with Crippen LogP contribution < -0.4 is 10.6 Å². The highest BCUT2D eigenvalue weighted by molar-refractivity contribution is 6.21. The number of carbonyl (C=O) groups excluding carboxylic acids is 2. The molecule has 2 amide bonds. The van der Waals surface area contributed by atoms with Crippen LogP contribution in [0.3, 0.4) is 0 Å². The Hall–Kier alpha value is -2.84. The Kier molecular flexibility index (Phi) is 4.37. The fourth-order valence-electron chi connectivity index (χ4n) is 5.29. The van der Waals surface area contributed by atoms with Gasteiger partial charge in [0, 0.05) is 60.1 Å². The summed E-state index contributed by atoms with van der Waals surface area (Å²) in [6, 6.07) is 4.56. The van der Waals surface area contributed by atoms with E-state index in [1.54, 1.807) is 12.1 Å². The van der Waals surface area contributed by atoms with Crippen LogP contribution in [-0.4, -0.2) is 59.1 Å². The van der Waals surface area contributed by atoms with Crippen LogP contribution in [0.4, 0.5) is 4.39 Å². The van der Waals surface area contributed by atoms with E-state index < -0.39 is 5.41 Å². The number of aromatic amines is 1. The van der Waals surface area contributed by atoms with Crippen molar-refractivity contribution in [3.05, 3.63) is 53.0 Å². The largest absolute Gasteiger partial charge is 0.314 e. The highest BCUT2D eigenvalue weighted by Crippen LogP contribution is 2.47. The Bertz CT molecular complexity index is 1110. The van der Waals surface area contributed by atoms with Gasteiger partial charge in [-0.25, -0.2) is 4.39 Å². The first kappa shape index (κ1) is 19.1. The lowest BCUT2D eigenvalue weighted by Crippen LogP contribution is -2.54. The topological polar surface area (TPSA) is 90.1 Å². The van der Waals surface area contributed by atoms with E-state index in [4.69, 9.17) is 0 Å². The van der Waals surface area contributed by atoms with Crippen LogP contribution >= 0.6 is 0 Å². The predicted octanol–water partition coefficient (Wildman–Crippen LogP) is 1.39. The standard InChI is InChI=1S/C22H24FN5O2/c1-12(28-9-7-24-8-10-28)18-17-15(20(29)25-21(17)30)5-6-22(18,2)19-14-4-3-13(23)11-16(14)26-27-19/h3-6,11-12,18,24H,7-10H2,1-2H3,(H,26,27)(H,25,29,30). The molecule has 0 bridgehead atoms. The van der Waals surface area contributed by atoms with Crippen molar-refractivity contribution >= 4 is 22.7 Å². The average molecular weight is 409 g/mol. The van der Waals surface area contributed by atoms with Gasteiger partial charge in [0.15, 0.2) is 0 Å². The first-order chi connectivity index (χ1) is 14.4. The molecule has 1 aromatic heterocycles. The minimum atomic E-state index is -0.652. The number of carbonyl (C=O) groups is 2. The number of nitrogens with one attached hydrogen (secondary N) is 3. The minimum Gasteiger partial charge on any atom is -0.314 e. The highest BCUT2D eigenvalue weighted by atomic mass is 19.1. The summed E-state index contributed by atoms with van der Waals surface area (Å²) in [7, 11) is 0. The molecule has 0 spiro atoms. The van der Waals surface area contributed by atoms with Crippen molar-refractivity contribution in [2.24, 2.45) is 5.92 Å². The molecular formula is C22H24FN5O2. The summed E-state index contributed by atoms with van der Waals surface area (Å²) in [6.07, 6.45) is 3.72. The van der Waals surface area contributed by atoms with Gasteiger partial charge in [-0.15, -0.1) is 0 Å². The van der Waals surface area contributed by atoms with Gasteiger partial charge in [-0.2, -0.15) is 5.10 Å². The van der Waals surface area contributed by atoms with Crippen LogP contribution in [0.2, 0.25) is 0 Å². The van der Waals surface area contributed by atoms with E-state index in [1.165, 1.54) is 12.1 Å². The highest BCUT2D eigenvalue weighted by Gasteiger charge is 2.51. The third-order valence-corrected chi connectivity index (χ3v) is 6.80. The SMILES string of the molecule is CC(C1C2=C(C=CC1(C)c1n[nH]c3cc(F)ccc13)C(=O)NC2=O)N1CCNCC1. The minimum absolute atomic E-state index is 0.00380. The molecule has 2 aromatic rings. The maximum absolute atomic E-state index is 13.7. The van der Waals surface area contributed by atoms with Gasteiger partial charge >= 0.3 is 0 Å². The van der Waals surface area contributed by atoms with Crippen molar-refractivity contribution < 1.29 is 14.0 Å². The molecule has 8 heteroatoms. The zero-order chi connectivity index (χ0) is 21.0. The summed E-state index contributed by atoms with van der Waals surface area (Å²) in [5, 5.41) is 14.1. The van der Waals surface area contributed by atoms with Gasteiger partial charge in [0.2, 0.25) is 0 Å². The second-order valence-corrected chi connectivity index (χ2v) is 8.49. The molecule has 3 aliphatic rings. The number of hydrogen-bond donors (Lipinski definition) is 3. The number of H-pyrrole nitrogens is 1. The van der Waals surface area contributed by atoms with Crippen LogP contribution in [0.25, 0.3) is 10.9 Å². The molecule has 1 aromatic carbocycles. The first-order valence-electron chi connectivity index (χ1n) is 10.3. The van der Waals surface area contributed by atoms with Crippen LogP contribution in [0, 0.1) is 11.7 Å². The molecule has 5 rings (SSSR count). The van der Waals surface area contributed by atoms with Gasteiger partial charge in [-0.1, -0.05) is 12.2 Å². The Labute approximate surface area is 173 Å². The lowest BCUT2D eigenvalue weighted by molar-refractivity contribution is -0.124. The quantitative estimate of drug-likeness (QED) is 0.667. The third kappa shape index (κ3) is 2.74. The van der Waals surface area contributed by atoms with Gasteiger partial charge in [0.05, 0.1) is 11.2 Å². The average Bonchev–Trinajstić information content (AvgIpc) is 3.28. The number of rotatable bonds is 3. The van der Waals surface area contributed by atoms with Gasteiger partial charge in [0.1, 0.15) is 5.82 Å². The summed E-state index contributed by atoms with van der Waals surface area (Å²) in [5.41, 5.74) is 1.67. The number of piperazine rings is 1. The van der Waals surface area contributed by atoms with Gasteiger partial charge in [-0.05, 0) is 32.0 Å². The molecule has 3 atom stereocenters. The number of nitrogens with zero attached hydrogens (tertiary/aromatic N) is 2. The Balaban J connectivity index is 1.67. The summed E-state index contributed by atoms with van der Waals surface area (Å²) < 4.78 is 13.7. The van der Waals surface area contributed by atoms with Crippen LogP contribution in [-0.2, 0) is 15.0 Å². The predicted molar refractivity (Wildman–Crippen MR) is 110 cm³/mol. The normalized spacial score (nSPS) is 28.2. The molecule has 1 saturated heterocycles. The van der Waals surface area contributed by atoms with Gasteiger partial charge < -0.3 is 5.32 Å². The lowest BCUT2D eigenvalue weighted by Gasteiger charge is -2.45. The molecule has 2 aliphatic heterocycles. The van der Waals surface area contributed by atoms with Crippen molar-refractivity contribution in [1.82, 2.24) is 25.7 Å². The molecule has 3 heterocycles. The molecule has 3 unspecified atom stereocenters. The molecular weight excluding hydrogens is 385 g/mol. The van der Waals surface area contributed by atoms with Crippen molar-refractivity contribution in [2.75, 3.05) is 26.2 Å². The van der Waals surface area contributed by atoms with E-state index >= 15 is 0 Å². The number of amides is 2. The molecule has 0 radical (unpaired) electrons.